The van der Waals surface area contributed by atoms with Gasteiger partial charge < -0.3 is 9.47 Å². The molecule has 19 heavy (non-hydrogen) atoms. The standard InChI is InChI=1S/C16H22O3/c1-11-8-13(3)15(9-12(11)2)16(17)10-19-14-4-6-18-7-5-14/h8-9,14H,4-7,10H2,1-3H3. The molecule has 1 aliphatic heterocycles. The Morgan fingerprint density at radius 1 is 1.16 bits per heavy atom. The highest BCUT2D eigenvalue weighted by Gasteiger charge is 2.17. The molecule has 1 aromatic carbocycles. The van der Waals surface area contributed by atoms with E-state index in [0.29, 0.717) is 0 Å². The number of Topliss-reactive ketones (excluding diaryl/α,β-unsaturated/α-hetero) is 1. The molecule has 1 saturated heterocycles. The molecular formula is C16H22O3. The number of carbonyl (C=O) groups is 1. The molecule has 3 nitrogen and oxygen atoms in total. The molecule has 104 valence electrons. The molecule has 0 spiro atoms. The number of benzene rings is 1. The highest BCUT2D eigenvalue weighted by Crippen LogP contribution is 2.17. The Hall–Kier alpha value is -1.19. The number of rotatable bonds is 4. The first kappa shape index (κ1) is 14.2. The fourth-order valence-electron chi connectivity index (χ4n) is 2.37. The smallest absolute Gasteiger partial charge is 0.188 e. The maximum Gasteiger partial charge on any atom is 0.188 e. The lowest BCUT2D eigenvalue weighted by Crippen LogP contribution is -2.26. The monoisotopic (exact) mass is 262 g/mol. The number of carbonyl (C=O) groups excluding carboxylic acids is 1. The predicted molar refractivity (Wildman–Crippen MR) is 74.8 cm³/mol. The van der Waals surface area contributed by atoms with Crippen molar-refractivity contribution in [2.45, 2.75) is 39.7 Å². The van der Waals surface area contributed by atoms with Crippen LogP contribution in [0.25, 0.3) is 0 Å². The average molecular weight is 262 g/mol. The van der Waals surface area contributed by atoms with Crippen molar-refractivity contribution in [1.29, 1.82) is 0 Å². The third-order valence-corrected chi connectivity index (χ3v) is 3.76. The maximum absolute atomic E-state index is 12.2. The number of ketones is 1. The molecule has 0 unspecified atom stereocenters. The van der Waals surface area contributed by atoms with Crippen molar-refractivity contribution in [3.8, 4) is 0 Å². The molecule has 0 atom stereocenters. The Balaban J connectivity index is 1.97. The molecule has 1 aromatic rings. The van der Waals surface area contributed by atoms with Gasteiger partial charge in [0.1, 0.15) is 6.61 Å². The zero-order valence-electron chi connectivity index (χ0n) is 12.0. The van der Waals surface area contributed by atoms with Crippen LogP contribution in [0, 0.1) is 20.8 Å². The lowest BCUT2D eigenvalue weighted by molar-refractivity contribution is -0.0262. The first-order chi connectivity index (χ1) is 9.08. The van der Waals surface area contributed by atoms with Gasteiger partial charge in [0.05, 0.1) is 6.10 Å². The Morgan fingerprint density at radius 2 is 1.79 bits per heavy atom. The number of hydrogen-bond donors (Lipinski definition) is 0. The lowest BCUT2D eigenvalue weighted by atomic mass is 9.98. The van der Waals surface area contributed by atoms with Crippen molar-refractivity contribution in [2.24, 2.45) is 0 Å². The molecule has 0 bridgehead atoms. The summed E-state index contributed by atoms with van der Waals surface area (Å²) in [6.07, 6.45) is 1.95. The van der Waals surface area contributed by atoms with E-state index in [-0.39, 0.29) is 18.5 Å². The zero-order chi connectivity index (χ0) is 13.8. The summed E-state index contributed by atoms with van der Waals surface area (Å²) < 4.78 is 11.0. The summed E-state index contributed by atoms with van der Waals surface area (Å²) in [6, 6.07) is 4.04. The molecule has 0 aliphatic carbocycles. The van der Waals surface area contributed by atoms with Crippen molar-refractivity contribution in [1.82, 2.24) is 0 Å². The van der Waals surface area contributed by atoms with Gasteiger partial charge in [-0.2, -0.15) is 0 Å². The largest absolute Gasteiger partial charge is 0.381 e. The second kappa shape index (κ2) is 6.31. The van der Waals surface area contributed by atoms with Gasteiger partial charge in [0.25, 0.3) is 0 Å². The van der Waals surface area contributed by atoms with Gasteiger partial charge in [-0.1, -0.05) is 6.07 Å². The van der Waals surface area contributed by atoms with E-state index in [4.69, 9.17) is 9.47 Å². The van der Waals surface area contributed by atoms with Crippen LogP contribution in [0.1, 0.15) is 39.9 Å². The summed E-state index contributed by atoms with van der Waals surface area (Å²) in [4.78, 5) is 12.2. The van der Waals surface area contributed by atoms with Crippen LogP contribution >= 0.6 is 0 Å². The fraction of sp³-hybridized carbons (Fsp3) is 0.562. The molecule has 0 radical (unpaired) electrons. The molecule has 0 saturated carbocycles. The highest BCUT2D eigenvalue weighted by atomic mass is 16.5. The van der Waals surface area contributed by atoms with E-state index in [1.54, 1.807) is 0 Å². The van der Waals surface area contributed by atoms with Crippen LogP contribution in [0.3, 0.4) is 0 Å². The van der Waals surface area contributed by atoms with Crippen molar-refractivity contribution in [3.63, 3.8) is 0 Å². The molecule has 1 fully saturated rings. The zero-order valence-corrected chi connectivity index (χ0v) is 12.0. The summed E-state index contributed by atoms with van der Waals surface area (Å²) in [5.41, 5.74) is 4.19. The average Bonchev–Trinajstić information content (AvgIpc) is 2.41. The van der Waals surface area contributed by atoms with Crippen molar-refractivity contribution in [3.05, 3.63) is 34.4 Å². The third-order valence-electron chi connectivity index (χ3n) is 3.76. The summed E-state index contributed by atoms with van der Waals surface area (Å²) in [6.45, 7) is 7.73. The van der Waals surface area contributed by atoms with Gasteiger partial charge in [-0.3, -0.25) is 4.79 Å². The molecule has 0 amide bonds. The molecule has 1 aliphatic rings. The van der Waals surface area contributed by atoms with E-state index in [1.165, 1.54) is 5.56 Å². The van der Waals surface area contributed by atoms with Gasteiger partial charge in [-0.15, -0.1) is 0 Å². The van der Waals surface area contributed by atoms with Crippen LogP contribution in [-0.4, -0.2) is 31.7 Å². The van der Waals surface area contributed by atoms with Gasteiger partial charge in [0.15, 0.2) is 5.78 Å². The Labute approximate surface area is 114 Å². The number of aryl methyl sites for hydroxylation is 3. The Kier molecular flexibility index (Phi) is 4.72. The molecule has 1 heterocycles. The summed E-state index contributed by atoms with van der Waals surface area (Å²) in [5, 5.41) is 0. The summed E-state index contributed by atoms with van der Waals surface area (Å²) in [5.74, 6) is 0.0760. The van der Waals surface area contributed by atoms with Crippen molar-refractivity contribution >= 4 is 5.78 Å². The molecule has 3 heteroatoms. The van der Waals surface area contributed by atoms with E-state index in [2.05, 4.69) is 13.0 Å². The van der Waals surface area contributed by atoms with Gasteiger partial charge in [0, 0.05) is 18.8 Å². The Bertz CT molecular complexity index is 459. The maximum atomic E-state index is 12.2. The normalized spacial score (nSPS) is 16.6. The van der Waals surface area contributed by atoms with Crippen molar-refractivity contribution in [2.75, 3.05) is 19.8 Å². The van der Waals surface area contributed by atoms with Gasteiger partial charge in [-0.25, -0.2) is 0 Å². The Morgan fingerprint density at radius 3 is 2.47 bits per heavy atom. The fourth-order valence-corrected chi connectivity index (χ4v) is 2.37. The van der Waals surface area contributed by atoms with Gasteiger partial charge >= 0.3 is 0 Å². The van der Waals surface area contributed by atoms with Crippen LogP contribution in [0.2, 0.25) is 0 Å². The minimum atomic E-state index is 0.0760. The minimum absolute atomic E-state index is 0.0760. The molecule has 0 aromatic heterocycles. The molecular weight excluding hydrogens is 240 g/mol. The molecule has 2 rings (SSSR count). The van der Waals surface area contributed by atoms with Crippen LogP contribution in [0.4, 0.5) is 0 Å². The summed E-state index contributed by atoms with van der Waals surface area (Å²) in [7, 11) is 0. The van der Waals surface area contributed by atoms with E-state index >= 15 is 0 Å². The second-order valence-electron chi connectivity index (χ2n) is 5.30. The van der Waals surface area contributed by atoms with Crippen LogP contribution in [0.15, 0.2) is 12.1 Å². The van der Waals surface area contributed by atoms with E-state index in [1.807, 2.05) is 19.9 Å². The summed E-state index contributed by atoms with van der Waals surface area (Å²) >= 11 is 0. The molecule has 0 N–H and O–H groups in total. The third kappa shape index (κ3) is 3.64. The van der Waals surface area contributed by atoms with Crippen LogP contribution < -0.4 is 0 Å². The lowest BCUT2D eigenvalue weighted by Gasteiger charge is -2.22. The highest BCUT2D eigenvalue weighted by molar-refractivity contribution is 5.98. The SMILES string of the molecule is Cc1cc(C)c(C(=O)COC2CCOCC2)cc1C. The number of ether oxygens (including phenoxy) is 2. The van der Waals surface area contributed by atoms with Gasteiger partial charge in [0.2, 0.25) is 0 Å². The van der Waals surface area contributed by atoms with Crippen LogP contribution in [0.5, 0.6) is 0 Å². The van der Waals surface area contributed by atoms with Gasteiger partial charge in [-0.05, 0) is 56.4 Å². The minimum Gasteiger partial charge on any atom is -0.381 e. The van der Waals surface area contributed by atoms with Crippen molar-refractivity contribution < 1.29 is 14.3 Å². The number of hydrogen-bond acceptors (Lipinski definition) is 3. The topological polar surface area (TPSA) is 35.5 Å². The van der Waals surface area contributed by atoms with E-state index in [0.717, 1.165) is 42.7 Å². The quantitative estimate of drug-likeness (QED) is 0.782. The first-order valence-electron chi connectivity index (χ1n) is 6.88. The first-order valence-corrected chi connectivity index (χ1v) is 6.88. The van der Waals surface area contributed by atoms with Crippen LogP contribution in [-0.2, 0) is 9.47 Å². The second-order valence-corrected chi connectivity index (χ2v) is 5.30. The van der Waals surface area contributed by atoms with E-state index < -0.39 is 0 Å². The van der Waals surface area contributed by atoms with E-state index in [9.17, 15) is 4.79 Å². The predicted octanol–water partition coefficient (Wildman–Crippen LogP) is 2.99.